The SMILES string of the molecule is CN1CCN(C(=O)NC[C@@H]2CCCS2)C[C@H]1c1nccn1C. The Morgan fingerprint density at radius 3 is 3.00 bits per heavy atom. The zero-order valence-electron chi connectivity index (χ0n) is 13.4. The summed E-state index contributed by atoms with van der Waals surface area (Å²) in [7, 11) is 4.11. The molecule has 2 aliphatic heterocycles. The quantitative estimate of drug-likeness (QED) is 0.911. The van der Waals surface area contributed by atoms with E-state index in [1.807, 2.05) is 40.7 Å². The molecule has 1 aromatic heterocycles. The first-order valence-electron chi connectivity index (χ1n) is 7.97. The fraction of sp³-hybridized carbons (Fsp3) is 0.733. The van der Waals surface area contributed by atoms with Crippen LogP contribution in [0, 0.1) is 0 Å². The topological polar surface area (TPSA) is 53.4 Å². The lowest BCUT2D eigenvalue weighted by Gasteiger charge is -2.39. The van der Waals surface area contributed by atoms with Gasteiger partial charge in [-0.2, -0.15) is 11.8 Å². The van der Waals surface area contributed by atoms with Crippen LogP contribution >= 0.6 is 11.8 Å². The molecule has 1 N–H and O–H groups in total. The highest BCUT2D eigenvalue weighted by Crippen LogP contribution is 2.25. The average Bonchev–Trinajstić information content (AvgIpc) is 3.17. The van der Waals surface area contributed by atoms with E-state index in [0.717, 1.165) is 25.5 Å². The first-order valence-corrected chi connectivity index (χ1v) is 9.02. The third kappa shape index (κ3) is 3.41. The number of carbonyl (C=O) groups is 1. The normalized spacial score (nSPS) is 26.4. The molecule has 3 heterocycles. The van der Waals surface area contributed by atoms with Crippen molar-refractivity contribution >= 4 is 17.8 Å². The molecule has 0 spiro atoms. The summed E-state index contributed by atoms with van der Waals surface area (Å²) >= 11 is 1.98. The van der Waals surface area contributed by atoms with Gasteiger partial charge in [-0.15, -0.1) is 0 Å². The number of amides is 2. The minimum absolute atomic E-state index is 0.0693. The van der Waals surface area contributed by atoms with E-state index < -0.39 is 0 Å². The van der Waals surface area contributed by atoms with Gasteiger partial charge in [-0.25, -0.2) is 9.78 Å². The molecular weight excluding hydrogens is 298 g/mol. The lowest BCUT2D eigenvalue weighted by atomic mass is 10.1. The Hall–Kier alpha value is -1.21. The Bertz CT molecular complexity index is 514. The predicted octanol–water partition coefficient (Wildman–Crippen LogP) is 1.31. The Labute approximate surface area is 136 Å². The van der Waals surface area contributed by atoms with Crippen LogP contribution in [0.25, 0.3) is 0 Å². The van der Waals surface area contributed by atoms with Gasteiger partial charge in [0.15, 0.2) is 0 Å². The lowest BCUT2D eigenvalue weighted by molar-refractivity contribution is 0.104. The molecule has 0 aliphatic carbocycles. The molecule has 0 aromatic carbocycles. The van der Waals surface area contributed by atoms with Crippen molar-refractivity contribution in [3.8, 4) is 0 Å². The molecule has 22 heavy (non-hydrogen) atoms. The highest BCUT2D eigenvalue weighted by molar-refractivity contribution is 8.00. The van der Waals surface area contributed by atoms with Gasteiger partial charge in [0.05, 0.1) is 6.04 Å². The van der Waals surface area contributed by atoms with Crippen LogP contribution in [0.2, 0.25) is 0 Å². The molecule has 2 amide bonds. The Morgan fingerprint density at radius 1 is 1.45 bits per heavy atom. The first kappa shape index (κ1) is 15.7. The molecule has 1 aromatic rings. The van der Waals surface area contributed by atoms with E-state index in [-0.39, 0.29) is 12.1 Å². The maximum absolute atomic E-state index is 12.4. The third-order valence-corrected chi connectivity index (χ3v) is 5.99. The van der Waals surface area contributed by atoms with Gasteiger partial charge in [0.1, 0.15) is 5.82 Å². The highest BCUT2D eigenvalue weighted by Gasteiger charge is 2.31. The summed E-state index contributed by atoms with van der Waals surface area (Å²) in [5.41, 5.74) is 0. The maximum Gasteiger partial charge on any atom is 0.317 e. The van der Waals surface area contributed by atoms with Crippen molar-refractivity contribution in [2.24, 2.45) is 7.05 Å². The van der Waals surface area contributed by atoms with Crippen LogP contribution in [0.3, 0.4) is 0 Å². The van der Waals surface area contributed by atoms with Gasteiger partial charge < -0.3 is 14.8 Å². The van der Waals surface area contributed by atoms with Crippen molar-refractivity contribution in [3.63, 3.8) is 0 Å². The first-order chi connectivity index (χ1) is 10.6. The number of urea groups is 1. The molecule has 2 saturated heterocycles. The summed E-state index contributed by atoms with van der Waals surface area (Å²) in [6.45, 7) is 3.15. The Balaban J connectivity index is 1.57. The van der Waals surface area contributed by atoms with Crippen molar-refractivity contribution in [1.29, 1.82) is 0 Å². The third-order valence-electron chi connectivity index (χ3n) is 4.60. The number of aryl methyl sites for hydroxylation is 1. The van der Waals surface area contributed by atoms with Gasteiger partial charge in [0.2, 0.25) is 0 Å². The number of likely N-dealkylation sites (N-methyl/N-ethyl adjacent to an activating group) is 1. The minimum Gasteiger partial charge on any atom is -0.337 e. The standard InChI is InChI=1S/C15H25N5OS/c1-18-7-8-20(11-13(18)14-16-5-6-19(14)2)15(21)17-10-12-4-3-9-22-12/h5-6,12-13H,3-4,7-11H2,1-2H3,(H,17,21)/t12-,13-/m0/s1. The number of hydrogen-bond donors (Lipinski definition) is 1. The number of nitrogens with one attached hydrogen (secondary N) is 1. The van der Waals surface area contributed by atoms with Crippen LogP contribution < -0.4 is 5.32 Å². The van der Waals surface area contributed by atoms with E-state index >= 15 is 0 Å². The van der Waals surface area contributed by atoms with Gasteiger partial charge in [-0.1, -0.05) is 0 Å². The van der Waals surface area contributed by atoms with Crippen LogP contribution in [0.4, 0.5) is 4.79 Å². The van der Waals surface area contributed by atoms with Crippen LogP contribution in [0.1, 0.15) is 24.7 Å². The number of imidazole rings is 1. The summed E-state index contributed by atoms with van der Waals surface area (Å²) < 4.78 is 2.04. The number of rotatable bonds is 3. The van der Waals surface area contributed by atoms with E-state index in [2.05, 4.69) is 22.2 Å². The lowest BCUT2D eigenvalue weighted by Crippen LogP contribution is -2.53. The van der Waals surface area contributed by atoms with Crippen LogP contribution in [0.15, 0.2) is 12.4 Å². The van der Waals surface area contributed by atoms with Gasteiger partial charge in [0.25, 0.3) is 0 Å². The summed E-state index contributed by atoms with van der Waals surface area (Å²) in [6.07, 6.45) is 6.28. The van der Waals surface area contributed by atoms with Crippen LogP contribution in [-0.4, -0.2) is 69.6 Å². The monoisotopic (exact) mass is 323 g/mol. The molecule has 0 unspecified atom stereocenters. The van der Waals surface area contributed by atoms with Gasteiger partial charge in [-0.05, 0) is 25.6 Å². The summed E-state index contributed by atoms with van der Waals surface area (Å²) in [4.78, 5) is 21.1. The van der Waals surface area contributed by atoms with Gasteiger partial charge in [0, 0.05) is 50.9 Å². The molecule has 0 saturated carbocycles. The second kappa shape index (κ2) is 6.91. The average molecular weight is 323 g/mol. The minimum atomic E-state index is 0.0693. The summed E-state index contributed by atoms with van der Waals surface area (Å²) in [5.74, 6) is 2.25. The Kier molecular flexibility index (Phi) is 4.93. The molecule has 122 valence electrons. The second-order valence-electron chi connectivity index (χ2n) is 6.16. The molecule has 2 fully saturated rings. The van der Waals surface area contributed by atoms with Crippen molar-refractivity contribution in [2.75, 3.05) is 39.0 Å². The molecule has 0 radical (unpaired) electrons. The number of carbonyl (C=O) groups excluding carboxylic acids is 1. The van der Waals surface area contributed by atoms with Gasteiger partial charge >= 0.3 is 6.03 Å². The van der Waals surface area contributed by atoms with Crippen molar-refractivity contribution in [2.45, 2.75) is 24.1 Å². The van der Waals surface area contributed by atoms with Crippen LogP contribution in [0.5, 0.6) is 0 Å². The molecule has 3 rings (SSSR count). The molecule has 2 aliphatic rings. The molecule has 0 bridgehead atoms. The van der Waals surface area contributed by atoms with E-state index in [9.17, 15) is 4.79 Å². The molecule has 6 nitrogen and oxygen atoms in total. The van der Waals surface area contributed by atoms with E-state index in [1.54, 1.807) is 0 Å². The Morgan fingerprint density at radius 2 is 2.32 bits per heavy atom. The van der Waals surface area contributed by atoms with Crippen LogP contribution in [-0.2, 0) is 7.05 Å². The summed E-state index contributed by atoms with van der Waals surface area (Å²) in [5, 5.41) is 3.71. The van der Waals surface area contributed by atoms with Crippen molar-refractivity contribution in [1.82, 2.24) is 24.7 Å². The number of thioether (sulfide) groups is 1. The number of piperazine rings is 1. The molecular formula is C15H25N5OS. The fourth-order valence-corrected chi connectivity index (χ4v) is 4.35. The summed E-state index contributed by atoms with van der Waals surface area (Å²) in [6, 6.07) is 0.236. The number of hydrogen-bond acceptors (Lipinski definition) is 4. The molecule has 2 atom stereocenters. The maximum atomic E-state index is 12.4. The largest absolute Gasteiger partial charge is 0.337 e. The number of aromatic nitrogens is 2. The molecule has 7 heteroatoms. The number of nitrogens with zero attached hydrogens (tertiary/aromatic N) is 4. The smallest absolute Gasteiger partial charge is 0.317 e. The second-order valence-corrected chi connectivity index (χ2v) is 7.57. The zero-order chi connectivity index (χ0) is 15.5. The van der Waals surface area contributed by atoms with Crippen molar-refractivity contribution in [3.05, 3.63) is 18.2 Å². The fourth-order valence-electron chi connectivity index (χ4n) is 3.15. The van der Waals surface area contributed by atoms with E-state index in [1.165, 1.54) is 18.6 Å². The van der Waals surface area contributed by atoms with Gasteiger partial charge in [-0.3, -0.25) is 4.90 Å². The highest BCUT2D eigenvalue weighted by atomic mass is 32.2. The van der Waals surface area contributed by atoms with Crippen molar-refractivity contribution < 1.29 is 4.79 Å². The predicted molar refractivity (Wildman–Crippen MR) is 89.0 cm³/mol. The zero-order valence-corrected chi connectivity index (χ0v) is 14.2. The van der Waals surface area contributed by atoms with E-state index in [4.69, 9.17) is 0 Å². The van der Waals surface area contributed by atoms with E-state index in [0.29, 0.717) is 11.8 Å².